The third-order valence-electron chi connectivity index (χ3n) is 6.03. The predicted octanol–water partition coefficient (Wildman–Crippen LogP) is 0.911. The van der Waals surface area contributed by atoms with Crippen molar-refractivity contribution in [1.82, 2.24) is 14.7 Å². The van der Waals surface area contributed by atoms with Crippen LogP contribution in [0.5, 0.6) is 0 Å². The van der Waals surface area contributed by atoms with Crippen molar-refractivity contribution in [3.05, 3.63) is 17.0 Å². The van der Waals surface area contributed by atoms with Gasteiger partial charge in [0.1, 0.15) is 5.69 Å². The number of aromatic nitrogens is 2. The van der Waals surface area contributed by atoms with Gasteiger partial charge in [-0.3, -0.25) is 9.48 Å². The Balaban J connectivity index is 1.81. The van der Waals surface area contributed by atoms with Crippen LogP contribution in [0.2, 0.25) is 0 Å². The molecule has 7 heteroatoms. The van der Waals surface area contributed by atoms with E-state index in [4.69, 9.17) is 4.74 Å². The molecule has 1 aromatic heterocycles. The van der Waals surface area contributed by atoms with Crippen LogP contribution in [-0.4, -0.2) is 70.3 Å². The molecule has 1 aromatic rings. The summed E-state index contributed by atoms with van der Waals surface area (Å²) in [5, 5.41) is 25.1. The van der Waals surface area contributed by atoms with Crippen LogP contribution in [-0.2, 0) is 24.6 Å². The molecule has 0 saturated carbocycles. The molecule has 0 spiro atoms. The summed E-state index contributed by atoms with van der Waals surface area (Å²) in [6.07, 6.45) is 5.32. The van der Waals surface area contributed by atoms with Crippen LogP contribution in [0.25, 0.3) is 0 Å². The lowest BCUT2D eigenvalue weighted by atomic mass is 9.74. The van der Waals surface area contributed by atoms with Gasteiger partial charge in [0.25, 0.3) is 5.91 Å². The minimum atomic E-state index is -0.676. The largest absolute Gasteiger partial charge is 0.396 e. The Hall–Kier alpha value is -1.44. The van der Waals surface area contributed by atoms with E-state index >= 15 is 0 Å². The fraction of sp³-hybridized carbons (Fsp3) is 0.789. The highest BCUT2D eigenvalue weighted by Crippen LogP contribution is 2.36. The monoisotopic (exact) mass is 365 g/mol. The lowest BCUT2D eigenvalue weighted by Crippen LogP contribution is -2.55. The number of carbonyl (C=O) groups is 1. The summed E-state index contributed by atoms with van der Waals surface area (Å²) in [7, 11) is 3.48. The smallest absolute Gasteiger partial charge is 0.272 e. The molecular weight excluding hydrogens is 334 g/mol. The maximum Gasteiger partial charge on any atom is 0.272 e. The van der Waals surface area contributed by atoms with Gasteiger partial charge in [0.15, 0.2) is 0 Å². The number of aliphatic hydroxyl groups excluding tert-OH is 2. The molecule has 1 fully saturated rings. The Morgan fingerprint density at radius 1 is 1.38 bits per heavy atom. The van der Waals surface area contributed by atoms with Crippen molar-refractivity contribution < 1.29 is 19.7 Å². The van der Waals surface area contributed by atoms with Crippen molar-refractivity contribution in [2.75, 3.05) is 33.4 Å². The summed E-state index contributed by atoms with van der Waals surface area (Å²) in [5.41, 5.74) is 2.14. The number of fused-ring (bicyclic) bond motifs is 1. The third-order valence-corrected chi connectivity index (χ3v) is 6.03. The number of aryl methyl sites for hydroxylation is 2. The third kappa shape index (κ3) is 3.52. The van der Waals surface area contributed by atoms with Gasteiger partial charge in [-0.2, -0.15) is 5.10 Å². The molecule has 1 aliphatic heterocycles. The molecular formula is C19H31N3O4. The van der Waals surface area contributed by atoms with Crippen LogP contribution in [0.15, 0.2) is 0 Å². The molecule has 3 rings (SSSR count). The topological polar surface area (TPSA) is 87.8 Å². The normalized spacial score (nSPS) is 26.0. The second kappa shape index (κ2) is 8.06. The quantitative estimate of drug-likeness (QED) is 0.732. The van der Waals surface area contributed by atoms with Crippen molar-refractivity contribution in [3.8, 4) is 0 Å². The number of rotatable bonds is 6. The van der Waals surface area contributed by atoms with Gasteiger partial charge in [0.2, 0.25) is 0 Å². The average Bonchev–Trinajstić information content (AvgIpc) is 2.98. The first kappa shape index (κ1) is 19.3. The molecule has 2 aliphatic rings. The van der Waals surface area contributed by atoms with Crippen molar-refractivity contribution in [3.63, 3.8) is 0 Å². The van der Waals surface area contributed by atoms with E-state index in [0.29, 0.717) is 38.2 Å². The zero-order valence-corrected chi connectivity index (χ0v) is 15.9. The van der Waals surface area contributed by atoms with Crippen molar-refractivity contribution in [2.24, 2.45) is 12.5 Å². The van der Waals surface area contributed by atoms with Gasteiger partial charge in [0.05, 0.1) is 18.4 Å². The number of ether oxygens (including phenoxy) is 1. The SMILES string of the molecule is COCCC[C@@]1(CO)CN(C(=O)c2c3c(nn2C)CCCC3)CC[C@H]1O. The predicted molar refractivity (Wildman–Crippen MR) is 97.0 cm³/mol. The lowest BCUT2D eigenvalue weighted by molar-refractivity contribution is -0.0746. The van der Waals surface area contributed by atoms with Gasteiger partial charge in [0, 0.05) is 44.8 Å². The molecule has 146 valence electrons. The van der Waals surface area contributed by atoms with Gasteiger partial charge in [-0.15, -0.1) is 0 Å². The Morgan fingerprint density at radius 2 is 2.15 bits per heavy atom. The van der Waals surface area contributed by atoms with Crippen LogP contribution in [0.1, 0.15) is 53.8 Å². The number of methoxy groups -OCH3 is 1. The van der Waals surface area contributed by atoms with E-state index in [-0.39, 0.29) is 12.5 Å². The van der Waals surface area contributed by atoms with E-state index in [1.54, 1.807) is 16.7 Å². The number of aliphatic hydroxyl groups is 2. The Kier molecular flexibility index (Phi) is 5.99. The molecule has 2 heterocycles. The van der Waals surface area contributed by atoms with Crippen LogP contribution in [0.4, 0.5) is 0 Å². The number of piperidine rings is 1. The summed E-state index contributed by atoms with van der Waals surface area (Å²) in [5.74, 6) is -0.0281. The number of likely N-dealkylation sites (tertiary alicyclic amines) is 1. The summed E-state index contributed by atoms with van der Waals surface area (Å²) < 4.78 is 6.83. The minimum Gasteiger partial charge on any atom is -0.396 e. The summed E-state index contributed by atoms with van der Waals surface area (Å²) in [6.45, 7) is 1.32. The van der Waals surface area contributed by atoms with Crippen LogP contribution >= 0.6 is 0 Å². The van der Waals surface area contributed by atoms with Crippen LogP contribution < -0.4 is 0 Å². The maximum absolute atomic E-state index is 13.3. The molecule has 2 atom stereocenters. The molecule has 26 heavy (non-hydrogen) atoms. The summed E-state index contributed by atoms with van der Waals surface area (Å²) in [4.78, 5) is 15.1. The van der Waals surface area contributed by atoms with E-state index in [9.17, 15) is 15.0 Å². The van der Waals surface area contributed by atoms with E-state index in [1.807, 2.05) is 7.05 Å². The number of carbonyl (C=O) groups excluding carboxylic acids is 1. The molecule has 1 saturated heterocycles. The molecule has 0 aromatic carbocycles. The summed E-state index contributed by atoms with van der Waals surface area (Å²) >= 11 is 0. The molecule has 7 nitrogen and oxygen atoms in total. The highest BCUT2D eigenvalue weighted by Gasteiger charge is 2.44. The first-order valence-electron chi connectivity index (χ1n) is 9.64. The molecule has 1 aliphatic carbocycles. The maximum atomic E-state index is 13.3. The first-order chi connectivity index (χ1) is 12.5. The van der Waals surface area contributed by atoms with E-state index < -0.39 is 11.5 Å². The molecule has 2 N–H and O–H groups in total. The summed E-state index contributed by atoms with van der Waals surface area (Å²) in [6, 6.07) is 0. The van der Waals surface area contributed by atoms with Gasteiger partial charge in [-0.1, -0.05) is 0 Å². The fourth-order valence-corrected chi connectivity index (χ4v) is 4.47. The second-order valence-corrected chi connectivity index (χ2v) is 7.75. The highest BCUT2D eigenvalue weighted by molar-refractivity contribution is 5.94. The number of hydrogen-bond acceptors (Lipinski definition) is 5. The minimum absolute atomic E-state index is 0.0281. The zero-order valence-electron chi connectivity index (χ0n) is 15.9. The van der Waals surface area contributed by atoms with Gasteiger partial charge in [-0.05, 0) is 44.9 Å². The van der Waals surface area contributed by atoms with Gasteiger partial charge in [-0.25, -0.2) is 0 Å². The Bertz CT molecular complexity index is 645. The van der Waals surface area contributed by atoms with Gasteiger partial charge < -0.3 is 19.8 Å². The van der Waals surface area contributed by atoms with E-state index in [1.165, 1.54) is 0 Å². The Morgan fingerprint density at radius 3 is 2.88 bits per heavy atom. The number of amides is 1. The number of nitrogens with zero attached hydrogens (tertiary/aromatic N) is 3. The molecule has 0 radical (unpaired) electrons. The van der Waals surface area contributed by atoms with Crippen molar-refractivity contribution >= 4 is 5.91 Å². The lowest BCUT2D eigenvalue weighted by Gasteiger charge is -2.45. The average molecular weight is 365 g/mol. The van der Waals surface area contributed by atoms with Crippen molar-refractivity contribution in [2.45, 2.75) is 51.0 Å². The molecule has 0 unspecified atom stereocenters. The Labute approximate surface area is 154 Å². The fourth-order valence-electron chi connectivity index (χ4n) is 4.47. The van der Waals surface area contributed by atoms with E-state index in [0.717, 1.165) is 43.4 Å². The zero-order chi connectivity index (χ0) is 18.7. The van der Waals surface area contributed by atoms with Gasteiger partial charge >= 0.3 is 0 Å². The molecule has 1 amide bonds. The first-order valence-corrected chi connectivity index (χ1v) is 9.64. The van der Waals surface area contributed by atoms with Crippen molar-refractivity contribution in [1.29, 1.82) is 0 Å². The highest BCUT2D eigenvalue weighted by atomic mass is 16.5. The number of hydrogen-bond donors (Lipinski definition) is 2. The van der Waals surface area contributed by atoms with E-state index in [2.05, 4.69) is 5.10 Å². The van der Waals surface area contributed by atoms with Crippen LogP contribution in [0.3, 0.4) is 0 Å². The van der Waals surface area contributed by atoms with Crippen LogP contribution in [0, 0.1) is 5.41 Å². The second-order valence-electron chi connectivity index (χ2n) is 7.75. The molecule has 0 bridgehead atoms. The standard InChI is InChI=1S/C19H31N3O4/c1-21-17(14-6-3-4-7-15(14)20-21)18(25)22-10-8-16(24)19(12-22,13-23)9-5-11-26-2/h16,23-24H,3-13H2,1-2H3/t16-,19+/m1/s1.